The summed E-state index contributed by atoms with van der Waals surface area (Å²) in [4.78, 5) is 34.7. The predicted octanol–water partition coefficient (Wildman–Crippen LogP) is 7.04. The van der Waals surface area contributed by atoms with E-state index in [1.807, 2.05) is 37.3 Å². The summed E-state index contributed by atoms with van der Waals surface area (Å²) < 4.78 is 12.4. The fourth-order valence-electron chi connectivity index (χ4n) is 5.45. The Morgan fingerprint density at radius 1 is 1.26 bits per heavy atom. The van der Waals surface area contributed by atoms with Crippen molar-refractivity contribution in [2.75, 3.05) is 11.4 Å². The number of ether oxygens (including phenoxy) is 1. The van der Waals surface area contributed by atoms with Crippen LogP contribution in [0.2, 0.25) is 0 Å². The van der Waals surface area contributed by atoms with Gasteiger partial charge in [-0.1, -0.05) is 44.2 Å². The van der Waals surface area contributed by atoms with Gasteiger partial charge in [-0.2, -0.15) is 0 Å². The summed E-state index contributed by atoms with van der Waals surface area (Å²) in [6, 6.07) is 9.65. The van der Waals surface area contributed by atoms with Crippen LogP contribution in [0.3, 0.4) is 0 Å². The number of hydrogen-bond acceptors (Lipinski definition) is 6. The van der Waals surface area contributed by atoms with Crippen LogP contribution in [0.1, 0.15) is 76.2 Å². The molecule has 9 heteroatoms. The Morgan fingerprint density at radius 2 is 1.95 bits per heavy atom. The highest BCUT2D eigenvalue weighted by Gasteiger charge is 2.46. The molecule has 1 unspecified atom stereocenters. The van der Waals surface area contributed by atoms with Crippen LogP contribution in [-0.2, 0) is 16.1 Å². The Morgan fingerprint density at radius 3 is 2.56 bits per heavy atom. The summed E-state index contributed by atoms with van der Waals surface area (Å²) >= 11 is 1.45. The van der Waals surface area contributed by atoms with E-state index in [1.54, 1.807) is 24.9 Å². The minimum Gasteiger partial charge on any atom is -0.480 e. The van der Waals surface area contributed by atoms with Crippen molar-refractivity contribution in [3.8, 4) is 10.8 Å². The van der Waals surface area contributed by atoms with Crippen LogP contribution in [0.25, 0.3) is 10.8 Å². The molecule has 39 heavy (non-hydrogen) atoms. The number of carboxylic acid groups (broad SMARTS) is 1. The molecule has 1 aliphatic heterocycles. The minimum atomic E-state index is -1.40. The largest absolute Gasteiger partial charge is 0.480 e. The second-order valence-electron chi connectivity index (χ2n) is 11.9. The monoisotopic (exact) mass is 551 g/mol. The maximum atomic E-state index is 14.1. The Balaban J connectivity index is 1.54. The molecule has 208 valence electrons. The number of rotatable bonds is 8. The molecule has 0 saturated heterocycles. The predicted molar refractivity (Wildman–Crippen MR) is 151 cm³/mol. The number of thiophene rings is 1. The Bertz CT molecular complexity index is 1320. The molecule has 1 atom stereocenters. The highest BCUT2D eigenvalue weighted by molar-refractivity contribution is 7.20. The van der Waals surface area contributed by atoms with E-state index in [9.17, 15) is 14.7 Å². The van der Waals surface area contributed by atoms with Gasteiger partial charge in [0.05, 0.1) is 30.3 Å². The van der Waals surface area contributed by atoms with Gasteiger partial charge in [0.2, 0.25) is 5.89 Å². The number of carbonyl (C=O) groups excluding carboxylic acids is 1. The molecule has 2 amide bonds. The van der Waals surface area contributed by atoms with E-state index in [4.69, 9.17) is 9.15 Å². The summed E-state index contributed by atoms with van der Waals surface area (Å²) in [5, 5.41) is 10.8. The van der Waals surface area contributed by atoms with E-state index in [0.29, 0.717) is 11.3 Å². The number of anilines is 1. The number of oxazole rings is 1. The van der Waals surface area contributed by atoms with E-state index < -0.39 is 11.5 Å². The number of carboxylic acids is 1. The molecule has 3 heterocycles. The zero-order valence-corrected chi connectivity index (χ0v) is 24.1. The van der Waals surface area contributed by atoms with Gasteiger partial charge in [-0.05, 0) is 63.0 Å². The summed E-state index contributed by atoms with van der Waals surface area (Å²) in [6.45, 7) is 10.2. The Kier molecular flexibility index (Phi) is 7.33. The van der Waals surface area contributed by atoms with Gasteiger partial charge < -0.3 is 19.2 Å². The fourth-order valence-corrected chi connectivity index (χ4v) is 6.71. The maximum absolute atomic E-state index is 14.1. The molecular formula is C30H37N3O5S. The normalized spacial score (nSPS) is 18.7. The second kappa shape index (κ2) is 10.4. The van der Waals surface area contributed by atoms with Crippen molar-refractivity contribution in [1.82, 2.24) is 9.88 Å². The topological polar surface area (TPSA) is 96.1 Å². The average molecular weight is 552 g/mol. The van der Waals surface area contributed by atoms with E-state index in [2.05, 4.69) is 18.8 Å². The molecule has 1 saturated carbocycles. The maximum Gasteiger partial charge on any atom is 0.329 e. The molecule has 2 aromatic heterocycles. The number of hydrogen-bond donors (Lipinski definition) is 1. The van der Waals surface area contributed by atoms with Gasteiger partial charge in [0, 0.05) is 5.56 Å². The third-order valence-electron chi connectivity index (χ3n) is 8.26. The van der Waals surface area contributed by atoms with Gasteiger partial charge in [0.1, 0.15) is 22.9 Å². The molecule has 0 spiro atoms. The lowest BCUT2D eigenvalue weighted by atomic mass is 9.76. The smallest absolute Gasteiger partial charge is 0.329 e. The molecule has 1 aromatic carbocycles. The zero-order chi connectivity index (χ0) is 27.9. The highest BCUT2D eigenvalue weighted by Crippen LogP contribution is 2.47. The first-order chi connectivity index (χ1) is 18.5. The van der Waals surface area contributed by atoms with Gasteiger partial charge >= 0.3 is 12.0 Å². The van der Waals surface area contributed by atoms with Gasteiger partial charge in [0.25, 0.3) is 0 Å². The first-order valence-electron chi connectivity index (χ1n) is 13.5. The van der Waals surface area contributed by atoms with Crippen LogP contribution in [0.15, 0.2) is 47.2 Å². The number of benzene rings is 1. The van der Waals surface area contributed by atoms with Crippen LogP contribution in [0.4, 0.5) is 9.80 Å². The molecule has 5 rings (SSSR count). The molecule has 8 nitrogen and oxygen atoms in total. The number of aromatic nitrogens is 1. The van der Waals surface area contributed by atoms with E-state index in [-0.39, 0.29) is 31.3 Å². The number of urea groups is 1. The average Bonchev–Trinajstić information content (AvgIpc) is 3.54. The third-order valence-corrected chi connectivity index (χ3v) is 9.61. The molecule has 0 bridgehead atoms. The van der Waals surface area contributed by atoms with Gasteiger partial charge in [-0.25, -0.2) is 14.6 Å². The summed E-state index contributed by atoms with van der Waals surface area (Å²) in [5.41, 5.74) is 1.75. The van der Waals surface area contributed by atoms with Crippen molar-refractivity contribution in [3.63, 3.8) is 0 Å². The lowest BCUT2D eigenvalue weighted by Gasteiger charge is -2.43. The fraction of sp³-hybridized carbons (Fsp3) is 0.500. The van der Waals surface area contributed by atoms with Crippen LogP contribution in [0.5, 0.6) is 0 Å². The summed E-state index contributed by atoms with van der Waals surface area (Å²) in [7, 11) is 0. The van der Waals surface area contributed by atoms with Crippen LogP contribution < -0.4 is 4.90 Å². The SMILES string of the molecule is Cc1c(-c2ncco2)sc2c1CN(C(C)(C)C(=O)O)C(=O)N2CC(OC1CCC(C)(C)CC1)c1ccccc1. The minimum absolute atomic E-state index is 0.0992. The van der Waals surface area contributed by atoms with Crippen molar-refractivity contribution in [1.29, 1.82) is 0 Å². The summed E-state index contributed by atoms with van der Waals surface area (Å²) in [5.74, 6) is -0.565. The highest BCUT2D eigenvalue weighted by atomic mass is 32.1. The summed E-state index contributed by atoms with van der Waals surface area (Å²) in [6.07, 6.45) is 6.99. The molecule has 2 aliphatic rings. The standard InChI is InChI=1S/C30H37N3O5S/c1-19-22-17-33(30(4,5)27(34)35)28(36)32(26(22)39-24(19)25-31-15-16-37-25)18-23(20-9-7-6-8-10-20)38-21-11-13-29(2,3)14-12-21/h6-10,15-16,21,23H,11-14,17-18H2,1-5H3,(H,34,35). The number of carbonyl (C=O) groups is 2. The van der Waals surface area contributed by atoms with Gasteiger partial charge in [0.15, 0.2) is 0 Å². The molecule has 1 fully saturated rings. The Labute approximate surface area is 233 Å². The molecular weight excluding hydrogens is 514 g/mol. The van der Waals surface area contributed by atoms with Crippen molar-refractivity contribution in [2.45, 2.75) is 84.6 Å². The lowest BCUT2D eigenvalue weighted by Crippen LogP contribution is -2.59. The van der Waals surface area contributed by atoms with Crippen molar-refractivity contribution >= 4 is 28.3 Å². The van der Waals surface area contributed by atoms with E-state index in [1.165, 1.54) is 22.5 Å². The quantitative estimate of drug-likeness (QED) is 0.322. The number of fused-ring (bicyclic) bond motifs is 1. The van der Waals surface area contributed by atoms with Crippen LogP contribution in [-0.4, -0.2) is 45.2 Å². The molecule has 1 N–H and O–H groups in total. The number of nitrogens with zero attached hydrogens (tertiary/aromatic N) is 3. The van der Waals surface area contributed by atoms with E-state index in [0.717, 1.165) is 52.3 Å². The van der Waals surface area contributed by atoms with Crippen LogP contribution in [0, 0.1) is 12.3 Å². The first kappa shape index (κ1) is 27.4. The van der Waals surface area contributed by atoms with Crippen molar-refractivity contribution in [2.24, 2.45) is 5.41 Å². The van der Waals surface area contributed by atoms with Crippen molar-refractivity contribution < 1.29 is 23.8 Å². The van der Waals surface area contributed by atoms with E-state index >= 15 is 0 Å². The van der Waals surface area contributed by atoms with Crippen LogP contribution >= 0.6 is 11.3 Å². The third kappa shape index (κ3) is 5.34. The molecule has 0 radical (unpaired) electrons. The number of aliphatic carboxylic acids is 1. The molecule has 3 aromatic rings. The second-order valence-corrected chi connectivity index (χ2v) is 12.9. The van der Waals surface area contributed by atoms with Gasteiger partial charge in [-0.15, -0.1) is 11.3 Å². The number of amides is 2. The lowest BCUT2D eigenvalue weighted by molar-refractivity contribution is -0.147. The van der Waals surface area contributed by atoms with Crippen molar-refractivity contribution in [3.05, 3.63) is 59.5 Å². The molecule has 1 aliphatic carbocycles. The Hall–Kier alpha value is -3.17. The first-order valence-corrected chi connectivity index (χ1v) is 14.3. The zero-order valence-electron chi connectivity index (χ0n) is 23.3. The van der Waals surface area contributed by atoms with Gasteiger partial charge in [-0.3, -0.25) is 4.90 Å².